The third-order valence-electron chi connectivity index (χ3n) is 3.47. The Morgan fingerprint density at radius 3 is 2.24 bits per heavy atom. The van der Waals surface area contributed by atoms with Crippen molar-refractivity contribution >= 4 is 35.6 Å². The summed E-state index contributed by atoms with van der Waals surface area (Å²) in [5.74, 6) is 1.12. The quantitative estimate of drug-likeness (QED) is 0.416. The van der Waals surface area contributed by atoms with Gasteiger partial charge in [0.05, 0.1) is 6.54 Å². The molecule has 0 amide bonds. The summed E-state index contributed by atoms with van der Waals surface area (Å²) in [6.45, 7) is 11.1. The molecule has 0 aromatic heterocycles. The van der Waals surface area contributed by atoms with Gasteiger partial charge in [0, 0.05) is 24.8 Å². The molecule has 3 N–H and O–H groups in total. The van der Waals surface area contributed by atoms with Gasteiger partial charge in [0.15, 0.2) is 5.96 Å². The fourth-order valence-electron chi connectivity index (χ4n) is 2.01. The molecule has 21 heavy (non-hydrogen) atoms. The number of nitrogens with two attached hydrogens (primary N) is 1. The molecule has 0 spiro atoms. The minimum Gasteiger partial charge on any atom is -0.380 e. The number of hydrogen-bond acceptors (Lipinski definition) is 2. The van der Waals surface area contributed by atoms with Gasteiger partial charge in [-0.25, -0.2) is 0 Å². The van der Waals surface area contributed by atoms with Crippen LogP contribution in [-0.4, -0.2) is 36.5 Å². The molecule has 1 rings (SSSR count). The molecule has 0 bridgehead atoms. The van der Waals surface area contributed by atoms with E-state index in [0.29, 0.717) is 18.4 Å². The van der Waals surface area contributed by atoms with Gasteiger partial charge in [0.2, 0.25) is 0 Å². The van der Waals surface area contributed by atoms with Crippen molar-refractivity contribution in [2.45, 2.75) is 33.7 Å². The second-order valence-electron chi connectivity index (χ2n) is 5.23. The minimum atomic E-state index is 0. The van der Waals surface area contributed by atoms with Crippen LogP contribution in [-0.2, 0) is 0 Å². The molecule has 5 heteroatoms. The van der Waals surface area contributed by atoms with Gasteiger partial charge in [-0.15, -0.1) is 24.0 Å². The number of benzene rings is 1. The number of para-hydroxylation sites is 1. The van der Waals surface area contributed by atoms with E-state index in [1.165, 1.54) is 0 Å². The highest BCUT2D eigenvalue weighted by Gasteiger charge is 2.13. The number of nitrogens with one attached hydrogen (secondary N) is 1. The molecule has 1 aromatic rings. The average molecular weight is 404 g/mol. The molecule has 4 nitrogen and oxygen atoms in total. The van der Waals surface area contributed by atoms with Gasteiger partial charge in [-0.1, -0.05) is 32.0 Å². The van der Waals surface area contributed by atoms with Crippen molar-refractivity contribution in [3.63, 3.8) is 0 Å². The second kappa shape index (κ2) is 10.7. The SMILES string of the molecule is CCN(CC)C(N)=NCC(Nc1ccccc1)C(C)C.I. The highest BCUT2D eigenvalue weighted by molar-refractivity contribution is 14.0. The first-order valence-corrected chi connectivity index (χ1v) is 7.44. The lowest BCUT2D eigenvalue weighted by Crippen LogP contribution is -2.38. The number of guanidine groups is 1. The van der Waals surface area contributed by atoms with Crippen LogP contribution in [0.4, 0.5) is 5.69 Å². The molecule has 1 atom stereocenters. The van der Waals surface area contributed by atoms with Crippen molar-refractivity contribution < 1.29 is 0 Å². The van der Waals surface area contributed by atoms with Crippen molar-refractivity contribution in [1.29, 1.82) is 0 Å². The fraction of sp³-hybridized carbons (Fsp3) is 0.562. The lowest BCUT2D eigenvalue weighted by Gasteiger charge is -2.24. The number of halogens is 1. The summed E-state index contributed by atoms with van der Waals surface area (Å²) in [5.41, 5.74) is 7.16. The summed E-state index contributed by atoms with van der Waals surface area (Å²) in [5, 5.41) is 3.53. The summed E-state index contributed by atoms with van der Waals surface area (Å²) < 4.78 is 0. The van der Waals surface area contributed by atoms with Crippen LogP contribution in [0.15, 0.2) is 35.3 Å². The van der Waals surface area contributed by atoms with Crippen molar-refractivity contribution in [1.82, 2.24) is 4.90 Å². The van der Waals surface area contributed by atoms with Crippen LogP contribution in [0, 0.1) is 5.92 Å². The molecule has 0 saturated carbocycles. The van der Waals surface area contributed by atoms with Gasteiger partial charge in [-0.05, 0) is 31.9 Å². The highest BCUT2D eigenvalue weighted by atomic mass is 127. The first-order chi connectivity index (χ1) is 9.58. The Morgan fingerprint density at radius 1 is 1.19 bits per heavy atom. The third kappa shape index (κ3) is 7.02. The topological polar surface area (TPSA) is 53.6 Å². The summed E-state index contributed by atoms with van der Waals surface area (Å²) in [7, 11) is 0. The predicted octanol–water partition coefficient (Wildman–Crippen LogP) is 3.40. The van der Waals surface area contributed by atoms with E-state index in [1.54, 1.807) is 0 Å². The van der Waals surface area contributed by atoms with E-state index in [4.69, 9.17) is 5.73 Å². The maximum atomic E-state index is 6.03. The van der Waals surface area contributed by atoms with E-state index in [0.717, 1.165) is 18.8 Å². The normalized spacial score (nSPS) is 12.7. The van der Waals surface area contributed by atoms with E-state index in [1.807, 2.05) is 18.2 Å². The number of aliphatic imine (C=N–C) groups is 1. The highest BCUT2D eigenvalue weighted by Crippen LogP contribution is 2.12. The van der Waals surface area contributed by atoms with Crippen LogP contribution in [0.25, 0.3) is 0 Å². The minimum absolute atomic E-state index is 0. The molecule has 0 fully saturated rings. The first-order valence-electron chi connectivity index (χ1n) is 7.44. The van der Waals surface area contributed by atoms with E-state index in [2.05, 4.69) is 55.0 Å². The van der Waals surface area contributed by atoms with Gasteiger partial charge in [0.25, 0.3) is 0 Å². The monoisotopic (exact) mass is 404 g/mol. The van der Waals surface area contributed by atoms with Crippen molar-refractivity contribution in [3.8, 4) is 0 Å². The molecule has 1 aromatic carbocycles. The van der Waals surface area contributed by atoms with Crippen molar-refractivity contribution in [2.24, 2.45) is 16.6 Å². The van der Waals surface area contributed by atoms with E-state index in [-0.39, 0.29) is 30.0 Å². The largest absolute Gasteiger partial charge is 0.380 e. The molecule has 0 radical (unpaired) electrons. The van der Waals surface area contributed by atoms with Gasteiger partial charge in [-0.3, -0.25) is 4.99 Å². The van der Waals surface area contributed by atoms with Gasteiger partial charge >= 0.3 is 0 Å². The van der Waals surface area contributed by atoms with Crippen LogP contribution >= 0.6 is 24.0 Å². The zero-order chi connectivity index (χ0) is 15.0. The Kier molecular flexibility index (Phi) is 10.2. The number of nitrogens with zero attached hydrogens (tertiary/aromatic N) is 2. The summed E-state index contributed by atoms with van der Waals surface area (Å²) in [4.78, 5) is 6.61. The average Bonchev–Trinajstić information content (AvgIpc) is 2.45. The van der Waals surface area contributed by atoms with E-state index in [9.17, 15) is 0 Å². The molecule has 1 unspecified atom stereocenters. The van der Waals surface area contributed by atoms with Crippen molar-refractivity contribution in [3.05, 3.63) is 30.3 Å². The summed E-state index contributed by atoms with van der Waals surface area (Å²) in [6.07, 6.45) is 0. The Hall–Kier alpha value is -0.980. The Labute approximate surface area is 146 Å². The molecule has 0 heterocycles. The van der Waals surface area contributed by atoms with Crippen LogP contribution in [0.2, 0.25) is 0 Å². The van der Waals surface area contributed by atoms with Crippen LogP contribution < -0.4 is 11.1 Å². The predicted molar refractivity (Wildman–Crippen MR) is 104 cm³/mol. The molecule has 0 aliphatic rings. The van der Waals surface area contributed by atoms with Crippen molar-refractivity contribution in [2.75, 3.05) is 25.0 Å². The summed E-state index contributed by atoms with van der Waals surface area (Å²) in [6, 6.07) is 10.5. The smallest absolute Gasteiger partial charge is 0.191 e. The Bertz CT molecular complexity index is 402. The van der Waals surface area contributed by atoms with E-state index >= 15 is 0 Å². The van der Waals surface area contributed by atoms with Crippen LogP contribution in [0.3, 0.4) is 0 Å². The fourth-order valence-corrected chi connectivity index (χ4v) is 2.01. The lowest BCUT2D eigenvalue weighted by molar-refractivity contribution is 0.454. The van der Waals surface area contributed by atoms with E-state index < -0.39 is 0 Å². The lowest BCUT2D eigenvalue weighted by atomic mass is 10.0. The maximum Gasteiger partial charge on any atom is 0.191 e. The van der Waals surface area contributed by atoms with Gasteiger partial charge in [0.1, 0.15) is 0 Å². The Balaban J connectivity index is 0.00000400. The standard InChI is InChI=1S/C16H28N4.HI/c1-5-20(6-2)16(17)18-12-15(13(3)4)19-14-10-8-7-9-11-14;/h7-11,13,15,19H,5-6,12H2,1-4H3,(H2,17,18);1H. The molecular weight excluding hydrogens is 375 g/mol. The van der Waals surface area contributed by atoms with Crippen LogP contribution in [0.5, 0.6) is 0 Å². The second-order valence-corrected chi connectivity index (χ2v) is 5.23. The summed E-state index contributed by atoms with van der Waals surface area (Å²) >= 11 is 0. The first kappa shape index (κ1) is 20.0. The third-order valence-corrected chi connectivity index (χ3v) is 3.47. The molecule has 120 valence electrons. The zero-order valence-electron chi connectivity index (χ0n) is 13.5. The molecule has 0 aliphatic heterocycles. The molecular formula is C16H29IN4. The van der Waals surface area contributed by atoms with Gasteiger partial charge < -0.3 is 16.0 Å². The Morgan fingerprint density at radius 2 is 1.76 bits per heavy atom. The number of rotatable bonds is 7. The molecule has 0 saturated heterocycles. The number of hydrogen-bond donors (Lipinski definition) is 2. The van der Waals surface area contributed by atoms with Crippen LogP contribution in [0.1, 0.15) is 27.7 Å². The zero-order valence-corrected chi connectivity index (χ0v) is 15.9. The van der Waals surface area contributed by atoms with Gasteiger partial charge in [-0.2, -0.15) is 0 Å². The maximum absolute atomic E-state index is 6.03. The number of anilines is 1. The molecule has 0 aliphatic carbocycles.